The van der Waals surface area contributed by atoms with Crippen molar-refractivity contribution in [2.45, 2.75) is 13.3 Å². The summed E-state index contributed by atoms with van der Waals surface area (Å²) < 4.78 is 5.08. The van der Waals surface area contributed by atoms with Crippen molar-refractivity contribution >= 4 is 34.4 Å². The second-order valence-electron chi connectivity index (χ2n) is 5.04. The van der Waals surface area contributed by atoms with Crippen LogP contribution >= 0.6 is 11.8 Å². The van der Waals surface area contributed by atoms with Crippen molar-refractivity contribution in [3.8, 4) is 5.75 Å². The van der Waals surface area contributed by atoms with Gasteiger partial charge >= 0.3 is 5.97 Å². The molecular formula is C15H17NO5S. The number of carbonyl (C=O) groups excluding carboxylic acids is 2. The second-order valence-corrected chi connectivity index (χ2v) is 6.23. The number of ether oxygens (including phenoxy) is 1. The normalized spacial score (nSPS) is 17.6. The molecule has 1 aromatic rings. The predicted molar refractivity (Wildman–Crippen MR) is 83.6 cm³/mol. The highest BCUT2D eigenvalue weighted by molar-refractivity contribution is 8.13. The third kappa shape index (κ3) is 3.41. The number of benzene rings is 1. The highest BCUT2D eigenvalue weighted by Crippen LogP contribution is 2.34. The fraction of sp³-hybridized carbons (Fsp3) is 0.400. The molecule has 0 bridgehead atoms. The van der Waals surface area contributed by atoms with E-state index < -0.39 is 5.97 Å². The van der Waals surface area contributed by atoms with Crippen molar-refractivity contribution in [3.05, 3.63) is 23.8 Å². The van der Waals surface area contributed by atoms with E-state index in [0.717, 1.165) is 0 Å². The van der Waals surface area contributed by atoms with E-state index in [4.69, 9.17) is 4.74 Å². The summed E-state index contributed by atoms with van der Waals surface area (Å²) in [7, 11) is 1.39. The number of hydrogen-bond donors (Lipinski definition) is 1. The molecule has 1 aliphatic rings. The molecule has 0 radical (unpaired) electrons. The summed E-state index contributed by atoms with van der Waals surface area (Å²) >= 11 is 1.19. The molecule has 1 unspecified atom stereocenters. The number of carboxylic acid groups (broad SMARTS) is 1. The molecule has 0 spiro atoms. The largest absolute Gasteiger partial charge is 0.496 e. The first kappa shape index (κ1) is 16.4. The van der Waals surface area contributed by atoms with Gasteiger partial charge in [0.25, 0.3) is 0 Å². The van der Waals surface area contributed by atoms with Gasteiger partial charge in [-0.15, -0.1) is 0 Å². The number of anilines is 1. The molecule has 0 saturated carbocycles. The zero-order valence-electron chi connectivity index (χ0n) is 12.4. The van der Waals surface area contributed by atoms with Crippen LogP contribution in [0.2, 0.25) is 0 Å². The van der Waals surface area contributed by atoms with Crippen molar-refractivity contribution in [2.75, 3.05) is 24.3 Å². The molecule has 1 aliphatic heterocycles. The lowest BCUT2D eigenvalue weighted by Crippen LogP contribution is -2.27. The van der Waals surface area contributed by atoms with Crippen LogP contribution in [0.3, 0.4) is 0 Å². The van der Waals surface area contributed by atoms with E-state index in [9.17, 15) is 19.5 Å². The molecule has 6 nitrogen and oxygen atoms in total. The first-order valence-electron chi connectivity index (χ1n) is 6.78. The highest BCUT2D eigenvalue weighted by Gasteiger charge is 2.33. The van der Waals surface area contributed by atoms with E-state index in [2.05, 4.69) is 0 Å². The summed E-state index contributed by atoms with van der Waals surface area (Å²) in [5.41, 5.74) is 0.324. The average Bonchev–Trinajstić information content (AvgIpc) is 2.85. The fourth-order valence-corrected chi connectivity index (χ4v) is 3.18. The van der Waals surface area contributed by atoms with Gasteiger partial charge in [0, 0.05) is 25.6 Å². The SMILES string of the molecule is COc1cccc(N2CC(CSC(C)=O)CC2=O)c1C(=O)O. The summed E-state index contributed by atoms with van der Waals surface area (Å²) in [5.74, 6) is -0.454. The average molecular weight is 323 g/mol. The summed E-state index contributed by atoms with van der Waals surface area (Å²) in [6.45, 7) is 1.90. The Hall–Kier alpha value is -2.02. The van der Waals surface area contributed by atoms with Crippen molar-refractivity contribution < 1.29 is 24.2 Å². The van der Waals surface area contributed by atoms with Gasteiger partial charge in [-0.3, -0.25) is 9.59 Å². The minimum Gasteiger partial charge on any atom is -0.496 e. The maximum atomic E-state index is 12.2. The first-order valence-corrected chi connectivity index (χ1v) is 7.76. The summed E-state index contributed by atoms with van der Waals surface area (Å²) in [4.78, 5) is 36.2. The maximum Gasteiger partial charge on any atom is 0.341 e. The number of carbonyl (C=O) groups is 3. The molecule has 1 fully saturated rings. The molecule has 1 N–H and O–H groups in total. The molecule has 0 aliphatic carbocycles. The maximum absolute atomic E-state index is 12.2. The lowest BCUT2D eigenvalue weighted by molar-refractivity contribution is -0.117. The quantitative estimate of drug-likeness (QED) is 0.892. The van der Waals surface area contributed by atoms with Crippen LogP contribution in [0.4, 0.5) is 5.69 Å². The van der Waals surface area contributed by atoms with Crippen LogP contribution < -0.4 is 9.64 Å². The van der Waals surface area contributed by atoms with E-state index in [1.54, 1.807) is 18.2 Å². The van der Waals surface area contributed by atoms with Crippen molar-refractivity contribution in [2.24, 2.45) is 5.92 Å². The van der Waals surface area contributed by atoms with E-state index in [-0.39, 0.29) is 28.3 Å². The highest BCUT2D eigenvalue weighted by atomic mass is 32.2. The molecule has 7 heteroatoms. The summed E-state index contributed by atoms with van der Waals surface area (Å²) in [6.07, 6.45) is 0.316. The summed E-state index contributed by atoms with van der Waals surface area (Å²) in [5, 5.41) is 9.41. The van der Waals surface area contributed by atoms with E-state index in [0.29, 0.717) is 24.4 Å². The van der Waals surface area contributed by atoms with E-state index in [1.807, 2.05) is 0 Å². The summed E-state index contributed by atoms with van der Waals surface area (Å²) in [6, 6.07) is 4.81. The molecule has 1 heterocycles. The third-order valence-corrected chi connectivity index (χ3v) is 4.50. The van der Waals surface area contributed by atoms with Crippen LogP contribution in [0, 0.1) is 5.92 Å². The zero-order valence-corrected chi connectivity index (χ0v) is 13.2. The van der Waals surface area contributed by atoms with Crippen LogP contribution in [-0.4, -0.2) is 41.5 Å². The number of methoxy groups -OCH3 is 1. The molecule has 2 rings (SSSR count). The number of aromatic carboxylic acids is 1. The predicted octanol–water partition coefficient (Wildman–Crippen LogP) is 2.03. The van der Waals surface area contributed by atoms with Crippen LogP contribution in [0.1, 0.15) is 23.7 Å². The van der Waals surface area contributed by atoms with Crippen molar-refractivity contribution in [1.82, 2.24) is 0 Å². The molecule has 1 saturated heterocycles. The molecular weight excluding hydrogens is 306 g/mol. The fourth-order valence-electron chi connectivity index (χ4n) is 2.49. The van der Waals surface area contributed by atoms with Gasteiger partial charge in [-0.05, 0) is 18.1 Å². The van der Waals surface area contributed by atoms with Gasteiger partial charge in [-0.1, -0.05) is 17.8 Å². The molecule has 1 amide bonds. The number of nitrogens with zero attached hydrogens (tertiary/aromatic N) is 1. The molecule has 118 valence electrons. The van der Waals surface area contributed by atoms with Crippen LogP contribution in [0.5, 0.6) is 5.75 Å². The minimum absolute atomic E-state index is 0.0125. The Morgan fingerprint density at radius 3 is 2.77 bits per heavy atom. The topological polar surface area (TPSA) is 83.9 Å². The molecule has 0 aromatic heterocycles. The van der Waals surface area contributed by atoms with Gasteiger partial charge in [0.15, 0.2) is 5.12 Å². The lowest BCUT2D eigenvalue weighted by atomic mass is 10.1. The van der Waals surface area contributed by atoms with Crippen LogP contribution in [0.15, 0.2) is 18.2 Å². The molecule has 1 atom stereocenters. The number of thioether (sulfide) groups is 1. The standard InChI is InChI=1S/C15H17NO5S/c1-9(17)22-8-10-6-13(18)16(7-10)11-4-3-5-12(21-2)14(11)15(19)20/h3-5,10H,6-8H2,1-2H3,(H,19,20). The van der Waals surface area contributed by atoms with Crippen LogP contribution in [-0.2, 0) is 9.59 Å². The lowest BCUT2D eigenvalue weighted by Gasteiger charge is -2.20. The number of hydrogen-bond acceptors (Lipinski definition) is 5. The van der Waals surface area contributed by atoms with Gasteiger partial charge in [0.05, 0.1) is 12.8 Å². The van der Waals surface area contributed by atoms with Gasteiger partial charge < -0.3 is 14.7 Å². The zero-order chi connectivity index (χ0) is 16.3. The van der Waals surface area contributed by atoms with E-state index >= 15 is 0 Å². The Bertz CT molecular complexity index is 616. The van der Waals surface area contributed by atoms with Gasteiger partial charge in [0.1, 0.15) is 11.3 Å². The van der Waals surface area contributed by atoms with Gasteiger partial charge in [-0.2, -0.15) is 0 Å². The van der Waals surface area contributed by atoms with Crippen molar-refractivity contribution in [3.63, 3.8) is 0 Å². The van der Waals surface area contributed by atoms with Crippen LogP contribution in [0.25, 0.3) is 0 Å². The van der Waals surface area contributed by atoms with Gasteiger partial charge in [-0.25, -0.2) is 4.79 Å². The Labute approximate surface area is 132 Å². The Morgan fingerprint density at radius 1 is 1.45 bits per heavy atom. The smallest absolute Gasteiger partial charge is 0.341 e. The monoisotopic (exact) mass is 323 g/mol. The number of rotatable bonds is 5. The molecule has 22 heavy (non-hydrogen) atoms. The van der Waals surface area contributed by atoms with Crippen molar-refractivity contribution in [1.29, 1.82) is 0 Å². The third-order valence-electron chi connectivity index (χ3n) is 3.46. The van der Waals surface area contributed by atoms with Gasteiger partial charge in [0.2, 0.25) is 5.91 Å². The Morgan fingerprint density at radius 2 is 2.18 bits per heavy atom. The molecule has 1 aromatic carbocycles. The van der Waals surface area contributed by atoms with E-state index in [1.165, 1.54) is 30.7 Å². The number of carboxylic acids is 1. The minimum atomic E-state index is -1.14. The first-order chi connectivity index (χ1) is 10.4. The Kier molecular flexibility index (Phi) is 5.07. The second kappa shape index (κ2) is 6.83. The Balaban J connectivity index is 2.27. The number of amides is 1.